The molecule has 3 heteroatoms. The normalized spacial score (nSPS) is 23.4. The van der Waals surface area contributed by atoms with Gasteiger partial charge in [-0.25, -0.2) is 4.79 Å². The average molecular weight is 210 g/mol. The van der Waals surface area contributed by atoms with Crippen molar-refractivity contribution in [3.63, 3.8) is 0 Å². The predicted octanol–water partition coefficient (Wildman–Crippen LogP) is 2.27. The van der Waals surface area contributed by atoms with Gasteiger partial charge in [0.2, 0.25) is 0 Å². The Bertz CT molecular complexity index is 259. The first kappa shape index (κ1) is 10.8. The maximum absolute atomic E-state index is 11.6. The van der Waals surface area contributed by atoms with E-state index in [0.717, 1.165) is 12.5 Å². The summed E-state index contributed by atoms with van der Waals surface area (Å²) >= 11 is 0. The van der Waals surface area contributed by atoms with Gasteiger partial charge in [-0.05, 0) is 57.8 Å². The van der Waals surface area contributed by atoms with Gasteiger partial charge in [-0.1, -0.05) is 0 Å². The Balaban J connectivity index is 1.71. The molecule has 0 aromatic rings. The molecule has 0 saturated heterocycles. The highest BCUT2D eigenvalue weighted by Gasteiger charge is 2.53. The van der Waals surface area contributed by atoms with Gasteiger partial charge in [0, 0.05) is 12.1 Å². The molecule has 0 heterocycles. The summed E-state index contributed by atoms with van der Waals surface area (Å²) in [5.41, 5.74) is 0.357. The molecule has 86 valence electrons. The second-order valence-electron chi connectivity index (χ2n) is 6.19. The first-order valence-corrected chi connectivity index (χ1v) is 5.97. The van der Waals surface area contributed by atoms with Crippen LogP contribution >= 0.6 is 0 Å². The molecule has 0 atom stereocenters. The van der Waals surface area contributed by atoms with Gasteiger partial charge in [-0.3, -0.25) is 0 Å². The van der Waals surface area contributed by atoms with Crippen molar-refractivity contribution in [2.75, 3.05) is 6.54 Å². The third-order valence-electron chi connectivity index (χ3n) is 3.43. The summed E-state index contributed by atoms with van der Waals surface area (Å²) in [4.78, 5) is 11.6. The number of rotatable bonds is 3. The number of carbonyl (C=O) groups excluding carboxylic acids is 1. The van der Waals surface area contributed by atoms with Crippen molar-refractivity contribution in [2.24, 2.45) is 11.3 Å². The van der Waals surface area contributed by atoms with Crippen LogP contribution in [0.25, 0.3) is 0 Å². The highest BCUT2D eigenvalue weighted by molar-refractivity contribution is 5.74. The molecule has 2 amide bonds. The van der Waals surface area contributed by atoms with Crippen molar-refractivity contribution in [1.29, 1.82) is 0 Å². The minimum absolute atomic E-state index is 0.0191. The molecule has 0 bridgehead atoms. The van der Waals surface area contributed by atoms with Gasteiger partial charge in [0.25, 0.3) is 0 Å². The molecule has 2 aliphatic rings. The molecule has 2 saturated carbocycles. The average Bonchev–Trinajstić information content (AvgIpc) is 2.92. The maximum Gasteiger partial charge on any atom is 0.315 e. The van der Waals surface area contributed by atoms with Gasteiger partial charge in [0.15, 0.2) is 0 Å². The zero-order chi connectivity index (χ0) is 11.1. The minimum atomic E-state index is -0.139. The quantitative estimate of drug-likeness (QED) is 0.737. The van der Waals surface area contributed by atoms with Gasteiger partial charge in [-0.2, -0.15) is 0 Å². The number of hydrogen-bond donors (Lipinski definition) is 2. The van der Waals surface area contributed by atoms with Crippen LogP contribution in [0.3, 0.4) is 0 Å². The van der Waals surface area contributed by atoms with Crippen LogP contribution in [0, 0.1) is 11.3 Å². The summed E-state index contributed by atoms with van der Waals surface area (Å²) in [7, 11) is 0. The van der Waals surface area contributed by atoms with Gasteiger partial charge in [0.05, 0.1) is 0 Å². The molecular weight excluding hydrogens is 188 g/mol. The Kier molecular flexibility index (Phi) is 2.44. The molecular formula is C12H22N2O. The lowest BCUT2D eigenvalue weighted by atomic mass is 10.0. The zero-order valence-corrected chi connectivity index (χ0v) is 10.0. The van der Waals surface area contributed by atoms with Gasteiger partial charge >= 0.3 is 6.03 Å². The van der Waals surface area contributed by atoms with Crippen LogP contribution in [-0.4, -0.2) is 18.1 Å². The van der Waals surface area contributed by atoms with E-state index in [0.29, 0.717) is 5.41 Å². The van der Waals surface area contributed by atoms with E-state index in [-0.39, 0.29) is 11.6 Å². The van der Waals surface area contributed by atoms with Crippen molar-refractivity contribution in [3.8, 4) is 0 Å². The summed E-state index contributed by atoms with van der Waals surface area (Å²) in [5.74, 6) is 0.910. The van der Waals surface area contributed by atoms with Crippen LogP contribution < -0.4 is 10.6 Å². The second kappa shape index (κ2) is 3.39. The van der Waals surface area contributed by atoms with E-state index in [1.165, 1.54) is 25.7 Å². The number of urea groups is 1. The van der Waals surface area contributed by atoms with E-state index in [4.69, 9.17) is 0 Å². The summed E-state index contributed by atoms with van der Waals surface area (Å²) in [6.07, 6.45) is 5.38. The first-order chi connectivity index (χ1) is 6.91. The van der Waals surface area contributed by atoms with E-state index in [2.05, 4.69) is 10.6 Å². The molecule has 0 spiro atoms. The fourth-order valence-corrected chi connectivity index (χ4v) is 2.23. The van der Waals surface area contributed by atoms with Crippen molar-refractivity contribution in [1.82, 2.24) is 10.6 Å². The van der Waals surface area contributed by atoms with Crippen LogP contribution in [0.1, 0.15) is 46.5 Å². The van der Waals surface area contributed by atoms with E-state index >= 15 is 0 Å². The number of hydrogen-bond acceptors (Lipinski definition) is 1. The Morgan fingerprint density at radius 2 is 1.93 bits per heavy atom. The van der Waals surface area contributed by atoms with Crippen molar-refractivity contribution in [3.05, 3.63) is 0 Å². The monoisotopic (exact) mass is 210 g/mol. The number of nitrogens with one attached hydrogen (secondary N) is 2. The van der Waals surface area contributed by atoms with Gasteiger partial charge in [-0.15, -0.1) is 0 Å². The fraction of sp³-hybridized carbons (Fsp3) is 0.917. The SMILES string of the molecule is CC(C)(C)NC(=O)NCC1(C2CC2)CC1. The summed E-state index contributed by atoms with van der Waals surface area (Å²) in [5, 5.41) is 5.94. The predicted molar refractivity (Wildman–Crippen MR) is 60.7 cm³/mol. The standard InChI is InChI=1S/C12H22N2O/c1-11(2,3)14-10(15)13-8-12(6-7-12)9-4-5-9/h9H,4-8H2,1-3H3,(H2,13,14,15). The second-order valence-corrected chi connectivity index (χ2v) is 6.19. The van der Waals surface area contributed by atoms with Crippen LogP contribution in [0.4, 0.5) is 4.79 Å². The lowest BCUT2D eigenvalue weighted by Gasteiger charge is -2.22. The lowest BCUT2D eigenvalue weighted by Crippen LogP contribution is -2.47. The Hall–Kier alpha value is -0.730. The molecule has 3 nitrogen and oxygen atoms in total. The molecule has 2 N–H and O–H groups in total. The molecule has 0 aromatic heterocycles. The summed E-state index contributed by atoms with van der Waals surface area (Å²) in [6, 6.07) is -0.0191. The number of carbonyl (C=O) groups is 1. The largest absolute Gasteiger partial charge is 0.338 e. The topological polar surface area (TPSA) is 41.1 Å². The van der Waals surface area contributed by atoms with Crippen molar-refractivity contribution < 1.29 is 4.79 Å². The van der Waals surface area contributed by atoms with E-state index < -0.39 is 0 Å². The lowest BCUT2D eigenvalue weighted by molar-refractivity contribution is 0.228. The Labute approximate surface area is 92.0 Å². The highest BCUT2D eigenvalue weighted by Crippen LogP contribution is 2.60. The van der Waals surface area contributed by atoms with Gasteiger partial charge in [0.1, 0.15) is 0 Å². The van der Waals surface area contributed by atoms with Crippen molar-refractivity contribution in [2.45, 2.75) is 52.0 Å². The Morgan fingerprint density at radius 3 is 2.33 bits per heavy atom. The van der Waals surface area contributed by atoms with Crippen LogP contribution in [0.15, 0.2) is 0 Å². The third-order valence-corrected chi connectivity index (χ3v) is 3.43. The molecule has 0 unspecified atom stereocenters. The fourth-order valence-electron chi connectivity index (χ4n) is 2.23. The Morgan fingerprint density at radius 1 is 1.33 bits per heavy atom. The van der Waals surface area contributed by atoms with Gasteiger partial charge < -0.3 is 10.6 Å². The highest BCUT2D eigenvalue weighted by atomic mass is 16.2. The van der Waals surface area contributed by atoms with Crippen LogP contribution in [0.5, 0.6) is 0 Å². The van der Waals surface area contributed by atoms with E-state index in [1.54, 1.807) is 0 Å². The maximum atomic E-state index is 11.6. The first-order valence-electron chi connectivity index (χ1n) is 5.97. The molecule has 2 rings (SSSR count). The molecule has 0 radical (unpaired) electrons. The smallest absolute Gasteiger partial charge is 0.315 e. The molecule has 0 aliphatic heterocycles. The van der Waals surface area contributed by atoms with Crippen molar-refractivity contribution >= 4 is 6.03 Å². The molecule has 0 aromatic carbocycles. The molecule has 15 heavy (non-hydrogen) atoms. The van der Waals surface area contributed by atoms with Crippen LogP contribution in [-0.2, 0) is 0 Å². The van der Waals surface area contributed by atoms with E-state index in [9.17, 15) is 4.79 Å². The zero-order valence-electron chi connectivity index (χ0n) is 10.0. The summed E-state index contributed by atoms with van der Waals surface area (Å²) in [6.45, 7) is 6.88. The van der Waals surface area contributed by atoms with Crippen LogP contribution in [0.2, 0.25) is 0 Å². The molecule has 2 fully saturated rings. The van der Waals surface area contributed by atoms with E-state index in [1.807, 2.05) is 20.8 Å². The molecule has 2 aliphatic carbocycles. The number of amides is 2. The third kappa shape index (κ3) is 2.86. The summed E-state index contributed by atoms with van der Waals surface area (Å²) < 4.78 is 0. The minimum Gasteiger partial charge on any atom is -0.338 e.